The molecule has 3 fully saturated rings. The number of nitrogens with one attached hydrogen (secondary N) is 1. The molecule has 1 N–H and O–H groups in total. The number of amides is 1. The predicted molar refractivity (Wildman–Crippen MR) is 145 cm³/mol. The highest BCUT2D eigenvalue weighted by molar-refractivity contribution is 5.66. The van der Waals surface area contributed by atoms with Crippen LogP contribution in [0.15, 0.2) is 35.5 Å². The molecule has 3 aliphatic rings. The Hall–Kier alpha value is -1.55. The summed E-state index contributed by atoms with van der Waals surface area (Å²) >= 11 is 0. The monoisotopic (exact) mass is 485 g/mol. The first-order chi connectivity index (χ1) is 16.6. The Morgan fingerprint density at radius 1 is 1.26 bits per heavy atom. The Balaban J connectivity index is 1.65. The van der Waals surface area contributed by atoms with E-state index in [1.807, 2.05) is 0 Å². The van der Waals surface area contributed by atoms with Gasteiger partial charge in [-0.3, -0.25) is 4.84 Å². The molecule has 198 valence electrons. The van der Waals surface area contributed by atoms with Crippen LogP contribution in [0.2, 0.25) is 0 Å². The van der Waals surface area contributed by atoms with E-state index in [4.69, 9.17) is 4.74 Å². The minimum atomic E-state index is -0.518. The van der Waals surface area contributed by atoms with E-state index in [2.05, 4.69) is 63.7 Å². The van der Waals surface area contributed by atoms with Gasteiger partial charge in [-0.2, -0.15) is 5.48 Å². The summed E-state index contributed by atoms with van der Waals surface area (Å²) in [5.74, 6) is 2.36. The Morgan fingerprint density at radius 3 is 2.74 bits per heavy atom. The smallest absolute Gasteiger partial charge is 0.431 e. The number of hydroxylamine groups is 1. The van der Waals surface area contributed by atoms with Gasteiger partial charge in [0.15, 0.2) is 0 Å². The van der Waals surface area contributed by atoms with E-state index >= 15 is 0 Å². The van der Waals surface area contributed by atoms with Crippen LogP contribution in [-0.4, -0.2) is 19.3 Å². The zero-order valence-corrected chi connectivity index (χ0v) is 23.4. The minimum Gasteiger partial charge on any atom is -0.444 e. The lowest BCUT2D eigenvalue weighted by molar-refractivity contribution is 0.0315. The summed E-state index contributed by atoms with van der Waals surface area (Å²) in [6.45, 7) is 16.6. The highest BCUT2D eigenvalue weighted by Gasteiger charge is 2.50. The molecular weight excluding hydrogens is 434 g/mol. The topological polar surface area (TPSA) is 47.6 Å². The molecule has 5 atom stereocenters. The number of hydrogen-bond acceptors (Lipinski definition) is 3. The maximum absolute atomic E-state index is 11.8. The molecule has 0 radical (unpaired) electrons. The van der Waals surface area contributed by atoms with Gasteiger partial charge in [0.1, 0.15) is 6.10 Å². The number of hydrogen-bond donors (Lipinski definition) is 1. The van der Waals surface area contributed by atoms with E-state index in [1.165, 1.54) is 76.0 Å². The molecule has 0 spiro atoms. The first kappa shape index (κ1) is 28.0. The van der Waals surface area contributed by atoms with Crippen LogP contribution < -0.4 is 5.48 Å². The van der Waals surface area contributed by atoms with Gasteiger partial charge in [-0.25, -0.2) is 4.79 Å². The lowest BCUT2D eigenvalue weighted by Crippen LogP contribution is -2.36. The summed E-state index contributed by atoms with van der Waals surface area (Å²) < 4.78 is 5.51. The van der Waals surface area contributed by atoms with E-state index < -0.39 is 6.09 Å². The number of ether oxygens (including phenoxy) is 1. The van der Waals surface area contributed by atoms with Crippen molar-refractivity contribution in [3.8, 4) is 0 Å². The van der Waals surface area contributed by atoms with Crippen molar-refractivity contribution in [2.45, 2.75) is 118 Å². The van der Waals surface area contributed by atoms with Gasteiger partial charge >= 0.3 is 6.09 Å². The van der Waals surface area contributed by atoms with Crippen molar-refractivity contribution in [2.24, 2.45) is 28.6 Å². The maximum atomic E-state index is 11.8. The summed E-state index contributed by atoms with van der Waals surface area (Å²) in [4.78, 5) is 16.4. The van der Waals surface area contributed by atoms with Gasteiger partial charge in [-0.15, -0.1) is 0 Å². The molecule has 1 amide bonds. The van der Waals surface area contributed by atoms with Crippen molar-refractivity contribution in [3.63, 3.8) is 0 Å². The molecule has 3 aliphatic carbocycles. The second-order valence-electron chi connectivity index (χ2n) is 12.6. The number of fused-ring (bicyclic) bond motifs is 1. The van der Waals surface area contributed by atoms with Crippen LogP contribution in [0.1, 0.15) is 112 Å². The zero-order valence-electron chi connectivity index (χ0n) is 23.4. The summed E-state index contributed by atoms with van der Waals surface area (Å²) in [7, 11) is 1.42. The van der Waals surface area contributed by atoms with E-state index in [-0.39, 0.29) is 6.10 Å². The zero-order chi connectivity index (χ0) is 25.6. The van der Waals surface area contributed by atoms with Crippen molar-refractivity contribution in [2.75, 3.05) is 7.11 Å². The van der Waals surface area contributed by atoms with Crippen molar-refractivity contribution < 1.29 is 14.4 Å². The Morgan fingerprint density at radius 2 is 2.03 bits per heavy atom. The van der Waals surface area contributed by atoms with E-state index in [0.29, 0.717) is 16.7 Å². The second kappa shape index (κ2) is 12.1. The Labute approximate surface area is 214 Å². The molecule has 3 rings (SSSR count). The van der Waals surface area contributed by atoms with E-state index in [1.54, 1.807) is 5.57 Å². The normalized spacial score (nSPS) is 32.5. The maximum Gasteiger partial charge on any atom is 0.431 e. The SMILES string of the molecule is C=C1CCC(OC(=O)NOC)CC1=CC=C1CCCC2(C)C1CCC2C(C)CCCC(C)(C)CC. The Bertz CT molecular complexity index is 810. The third kappa shape index (κ3) is 7.02. The summed E-state index contributed by atoms with van der Waals surface area (Å²) in [5, 5.41) is 0. The highest BCUT2D eigenvalue weighted by Crippen LogP contribution is 2.60. The van der Waals surface area contributed by atoms with Gasteiger partial charge in [0.05, 0.1) is 7.11 Å². The van der Waals surface area contributed by atoms with Crippen LogP contribution >= 0.6 is 0 Å². The van der Waals surface area contributed by atoms with Gasteiger partial charge in [0.25, 0.3) is 0 Å². The van der Waals surface area contributed by atoms with Crippen LogP contribution in [-0.2, 0) is 9.57 Å². The summed E-state index contributed by atoms with van der Waals surface area (Å²) in [6.07, 6.45) is 18.5. The third-order valence-corrected chi connectivity index (χ3v) is 9.82. The fourth-order valence-electron chi connectivity index (χ4n) is 7.24. The molecule has 0 saturated heterocycles. The molecule has 3 saturated carbocycles. The molecule has 0 bridgehead atoms. The Kier molecular flexibility index (Phi) is 9.71. The van der Waals surface area contributed by atoms with Gasteiger partial charge in [-0.05, 0) is 85.5 Å². The number of carbonyl (C=O) groups is 1. The molecule has 4 nitrogen and oxygen atoms in total. The molecule has 0 heterocycles. The lowest BCUT2D eigenvalue weighted by Gasteiger charge is -2.44. The number of allylic oxidation sites excluding steroid dienone is 4. The molecule has 0 aliphatic heterocycles. The predicted octanol–water partition coefficient (Wildman–Crippen LogP) is 8.69. The fraction of sp³-hybridized carbons (Fsp3) is 0.774. The lowest BCUT2D eigenvalue weighted by atomic mass is 9.60. The fourth-order valence-corrected chi connectivity index (χ4v) is 7.24. The molecule has 5 unspecified atom stereocenters. The quantitative estimate of drug-likeness (QED) is 0.332. The van der Waals surface area contributed by atoms with Gasteiger partial charge in [0, 0.05) is 6.42 Å². The molecule has 0 aromatic heterocycles. The van der Waals surface area contributed by atoms with Crippen LogP contribution in [0.25, 0.3) is 0 Å². The number of rotatable bonds is 9. The third-order valence-electron chi connectivity index (χ3n) is 9.82. The standard InChI is InChI=1S/C31H51NO3/c1-8-30(4,5)19-9-11-23(3)27-17-18-28-24(12-10-20-31(27,28)6)14-15-25-21-26(16-13-22(25)2)35-29(33)32-34-7/h14-15,23,26-28H,2,8-13,16-21H2,1,3-7H3,(H,32,33). The van der Waals surface area contributed by atoms with Gasteiger partial charge in [0.2, 0.25) is 0 Å². The average molecular weight is 486 g/mol. The van der Waals surface area contributed by atoms with E-state index in [0.717, 1.165) is 31.1 Å². The van der Waals surface area contributed by atoms with Crippen molar-refractivity contribution in [3.05, 3.63) is 35.5 Å². The molecule has 0 aromatic carbocycles. The average Bonchev–Trinajstić information content (AvgIpc) is 3.17. The first-order valence-electron chi connectivity index (χ1n) is 14.2. The largest absolute Gasteiger partial charge is 0.444 e. The van der Waals surface area contributed by atoms with Gasteiger partial charge in [-0.1, -0.05) is 83.8 Å². The number of carbonyl (C=O) groups excluding carboxylic acids is 1. The molecule has 4 heteroatoms. The van der Waals surface area contributed by atoms with Crippen molar-refractivity contribution in [1.29, 1.82) is 0 Å². The van der Waals surface area contributed by atoms with Crippen LogP contribution in [0.5, 0.6) is 0 Å². The molecular formula is C31H51NO3. The summed E-state index contributed by atoms with van der Waals surface area (Å²) in [5.41, 5.74) is 7.23. The molecule has 35 heavy (non-hydrogen) atoms. The second-order valence-corrected chi connectivity index (χ2v) is 12.6. The highest BCUT2D eigenvalue weighted by atomic mass is 16.7. The summed E-state index contributed by atoms with van der Waals surface area (Å²) in [6, 6.07) is 0. The first-order valence-corrected chi connectivity index (χ1v) is 14.2. The van der Waals surface area contributed by atoms with Crippen molar-refractivity contribution >= 4 is 6.09 Å². The van der Waals surface area contributed by atoms with Crippen molar-refractivity contribution in [1.82, 2.24) is 5.48 Å². The molecule has 0 aromatic rings. The van der Waals surface area contributed by atoms with E-state index in [9.17, 15) is 4.79 Å². The van der Waals surface area contributed by atoms with Crippen LogP contribution in [0.4, 0.5) is 4.79 Å². The van der Waals surface area contributed by atoms with Crippen LogP contribution in [0.3, 0.4) is 0 Å². The minimum absolute atomic E-state index is 0.119. The van der Waals surface area contributed by atoms with Gasteiger partial charge < -0.3 is 4.74 Å². The van der Waals surface area contributed by atoms with Crippen LogP contribution in [0, 0.1) is 28.6 Å².